The van der Waals surface area contributed by atoms with E-state index in [1.807, 2.05) is 0 Å². The van der Waals surface area contributed by atoms with Gasteiger partial charge in [0, 0.05) is 0 Å². The second kappa shape index (κ2) is 5.72. The van der Waals surface area contributed by atoms with Crippen molar-refractivity contribution in [2.24, 2.45) is 0 Å². The molecule has 0 amide bonds. The molecule has 0 aliphatic rings. The number of aromatic nitrogens is 4. The Morgan fingerprint density at radius 3 is 2.76 bits per heavy atom. The monoisotopic (exact) mass is 323 g/mol. The number of nitrogens with zero attached hydrogens (tertiary/aromatic N) is 4. The van der Waals surface area contributed by atoms with Crippen LogP contribution in [-0.2, 0) is 13.1 Å². The minimum Gasteiger partial charge on any atom is -0.373 e. The van der Waals surface area contributed by atoms with E-state index in [0.717, 1.165) is 6.20 Å². The van der Waals surface area contributed by atoms with Crippen LogP contribution in [0.4, 0.5) is 18.9 Å². The minimum absolute atomic E-state index is 0.0605. The van der Waals surface area contributed by atoms with Crippen LogP contribution < -0.4 is 10.9 Å². The Morgan fingerprint density at radius 1 is 1.48 bits per heavy atom. The molecule has 0 unspecified atom stereocenters. The minimum atomic E-state index is -4.56. The van der Waals surface area contributed by atoms with E-state index in [4.69, 9.17) is 16.1 Å². The van der Waals surface area contributed by atoms with Crippen molar-refractivity contribution in [1.82, 2.24) is 19.9 Å². The fourth-order valence-corrected chi connectivity index (χ4v) is 1.67. The van der Waals surface area contributed by atoms with Gasteiger partial charge in [-0.2, -0.15) is 23.3 Å². The number of anilines is 1. The maximum atomic E-state index is 12.2. The summed E-state index contributed by atoms with van der Waals surface area (Å²) in [5.41, 5.74) is -0.961. The molecule has 0 saturated heterocycles. The number of hydrogen-bond donors (Lipinski definition) is 1. The first kappa shape index (κ1) is 15.3. The average Bonchev–Trinajstić information content (AvgIpc) is 2.79. The molecule has 2 aromatic rings. The van der Waals surface area contributed by atoms with Crippen LogP contribution in [0, 0.1) is 6.92 Å². The second-order valence-corrected chi connectivity index (χ2v) is 4.42. The van der Waals surface area contributed by atoms with Gasteiger partial charge in [0.05, 0.1) is 18.4 Å². The first-order valence-corrected chi connectivity index (χ1v) is 5.99. The highest BCUT2D eigenvalue weighted by Gasteiger charge is 2.29. The summed E-state index contributed by atoms with van der Waals surface area (Å²) in [7, 11) is 0. The molecule has 114 valence electrons. The molecule has 0 aliphatic carbocycles. The normalized spacial score (nSPS) is 11.7. The number of halogens is 4. The van der Waals surface area contributed by atoms with Crippen LogP contribution in [0.5, 0.6) is 0 Å². The zero-order chi connectivity index (χ0) is 15.6. The molecule has 21 heavy (non-hydrogen) atoms. The van der Waals surface area contributed by atoms with Gasteiger partial charge in [-0.1, -0.05) is 16.8 Å². The Kier molecular flexibility index (Phi) is 4.16. The number of alkyl halides is 3. The van der Waals surface area contributed by atoms with Crippen LogP contribution in [0.1, 0.15) is 11.7 Å². The fraction of sp³-hybridized carbons (Fsp3) is 0.400. The van der Waals surface area contributed by atoms with E-state index in [0.29, 0.717) is 5.82 Å². The van der Waals surface area contributed by atoms with Gasteiger partial charge < -0.3 is 9.84 Å². The van der Waals surface area contributed by atoms with E-state index >= 15 is 0 Å². The summed E-state index contributed by atoms with van der Waals surface area (Å²) in [6, 6.07) is 0. The Morgan fingerprint density at radius 2 is 2.19 bits per heavy atom. The van der Waals surface area contributed by atoms with E-state index in [1.54, 1.807) is 6.92 Å². The van der Waals surface area contributed by atoms with Gasteiger partial charge in [-0.3, -0.25) is 4.79 Å². The van der Waals surface area contributed by atoms with Crippen LogP contribution in [0.2, 0.25) is 5.02 Å². The van der Waals surface area contributed by atoms with Crippen molar-refractivity contribution < 1.29 is 17.7 Å². The average molecular weight is 324 g/mol. The highest BCUT2D eigenvalue weighted by atomic mass is 35.5. The van der Waals surface area contributed by atoms with Crippen molar-refractivity contribution in [2.45, 2.75) is 26.2 Å². The molecule has 0 bridgehead atoms. The number of nitrogens with one attached hydrogen (secondary N) is 1. The largest absolute Gasteiger partial charge is 0.408 e. The smallest absolute Gasteiger partial charge is 0.373 e. The molecule has 1 N–H and O–H groups in total. The summed E-state index contributed by atoms with van der Waals surface area (Å²) in [4.78, 5) is 15.6. The molecule has 0 radical (unpaired) electrons. The van der Waals surface area contributed by atoms with E-state index < -0.39 is 23.3 Å². The molecule has 0 atom stereocenters. The molecule has 0 saturated carbocycles. The van der Waals surface area contributed by atoms with Gasteiger partial charge in [0.25, 0.3) is 5.56 Å². The van der Waals surface area contributed by atoms with Crippen LogP contribution >= 0.6 is 11.6 Å². The molecule has 2 aromatic heterocycles. The Hall–Kier alpha value is -2.10. The van der Waals surface area contributed by atoms with E-state index in [1.165, 1.54) is 0 Å². The highest BCUT2D eigenvalue weighted by Crippen LogP contribution is 2.19. The van der Waals surface area contributed by atoms with Crippen molar-refractivity contribution in [3.05, 3.63) is 33.3 Å². The molecule has 2 heterocycles. The van der Waals surface area contributed by atoms with Crippen molar-refractivity contribution >= 4 is 17.3 Å². The fourth-order valence-electron chi connectivity index (χ4n) is 1.45. The third-order valence-corrected chi connectivity index (χ3v) is 2.68. The first-order valence-electron chi connectivity index (χ1n) is 5.61. The molecule has 0 spiro atoms. The van der Waals surface area contributed by atoms with Gasteiger partial charge in [0.1, 0.15) is 11.6 Å². The lowest BCUT2D eigenvalue weighted by molar-refractivity contribution is -0.143. The Bertz CT molecular complexity index is 697. The lowest BCUT2D eigenvalue weighted by Crippen LogP contribution is -2.30. The Labute approximate surface area is 120 Å². The zero-order valence-electron chi connectivity index (χ0n) is 10.6. The Balaban J connectivity index is 2.15. The number of aryl methyl sites for hydroxylation is 1. The summed E-state index contributed by atoms with van der Waals surface area (Å²) in [6.07, 6.45) is -3.53. The van der Waals surface area contributed by atoms with Crippen molar-refractivity contribution in [1.29, 1.82) is 0 Å². The van der Waals surface area contributed by atoms with Crippen LogP contribution in [-0.4, -0.2) is 26.1 Å². The lowest BCUT2D eigenvalue weighted by Gasteiger charge is -2.10. The predicted molar refractivity (Wildman–Crippen MR) is 65.9 cm³/mol. The predicted octanol–water partition coefficient (Wildman–Crippen LogP) is 1.76. The molecule has 0 aliphatic heterocycles. The van der Waals surface area contributed by atoms with Crippen LogP contribution in [0.25, 0.3) is 0 Å². The molecule has 0 fully saturated rings. The van der Waals surface area contributed by atoms with Crippen molar-refractivity contribution in [3.8, 4) is 0 Å². The lowest BCUT2D eigenvalue weighted by atomic mass is 10.4. The second-order valence-electron chi connectivity index (χ2n) is 4.04. The van der Waals surface area contributed by atoms with Gasteiger partial charge >= 0.3 is 6.18 Å². The molecular weight excluding hydrogens is 315 g/mol. The summed E-state index contributed by atoms with van der Waals surface area (Å²) in [6.45, 7) is 0.180. The third-order valence-electron chi connectivity index (χ3n) is 2.31. The van der Waals surface area contributed by atoms with Gasteiger partial charge in [-0.05, 0) is 6.92 Å². The van der Waals surface area contributed by atoms with E-state index in [9.17, 15) is 18.0 Å². The topological polar surface area (TPSA) is 85.8 Å². The zero-order valence-corrected chi connectivity index (χ0v) is 11.4. The van der Waals surface area contributed by atoms with Gasteiger partial charge in [-0.15, -0.1) is 0 Å². The molecular formula is C10H9ClF3N5O2. The quantitative estimate of drug-likeness (QED) is 0.922. The maximum Gasteiger partial charge on any atom is 0.408 e. The van der Waals surface area contributed by atoms with Gasteiger partial charge in [0.15, 0.2) is 5.82 Å². The summed E-state index contributed by atoms with van der Waals surface area (Å²) >= 11 is 5.73. The third kappa shape index (κ3) is 3.94. The maximum absolute atomic E-state index is 12.2. The molecule has 0 aromatic carbocycles. The first-order chi connectivity index (χ1) is 9.76. The van der Waals surface area contributed by atoms with Gasteiger partial charge in [0.2, 0.25) is 5.89 Å². The van der Waals surface area contributed by atoms with E-state index in [2.05, 4.69) is 20.6 Å². The molecule has 7 nitrogen and oxygen atoms in total. The summed E-state index contributed by atoms with van der Waals surface area (Å²) in [5.74, 6) is 0.666. The van der Waals surface area contributed by atoms with Crippen LogP contribution in [0.15, 0.2) is 15.5 Å². The molecule has 2 rings (SSSR count). The standard InChI is InChI=1S/C10H9ClF3N5O2/c1-5-17-7(21-18-5)3-15-6-2-16-19(4-10(12,13)14)9(20)8(6)11/h2,15H,3-4H2,1H3. The summed E-state index contributed by atoms with van der Waals surface area (Å²) < 4.78 is 41.8. The van der Waals surface area contributed by atoms with Crippen molar-refractivity contribution in [2.75, 3.05) is 5.32 Å². The van der Waals surface area contributed by atoms with Gasteiger partial charge in [-0.25, -0.2) is 4.68 Å². The number of rotatable bonds is 4. The SMILES string of the molecule is Cc1noc(CNc2cnn(CC(F)(F)F)c(=O)c2Cl)n1. The van der Waals surface area contributed by atoms with Crippen LogP contribution in [0.3, 0.4) is 0 Å². The number of hydrogen-bond acceptors (Lipinski definition) is 6. The molecule has 11 heteroatoms. The van der Waals surface area contributed by atoms with Crippen molar-refractivity contribution in [3.63, 3.8) is 0 Å². The summed E-state index contributed by atoms with van der Waals surface area (Å²) in [5, 5.41) is 9.26. The van der Waals surface area contributed by atoms with E-state index in [-0.39, 0.29) is 22.8 Å². The highest BCUT2D eigenvalue weighted by molar-refractivity contribution is 6.32.